The lowest BCUT2D eigenvalue weighted by Crippen LogP contribution is -2.33. The van der Waals surface area contributed by atoms with Gasteiger partial charge in [0.25, 0.3) is 0 Å². The van der Waals surface area contributed by atoms with Crippen molar-refractivity contribution in [1.82, 2.24) is 4.31 Å². The fourth-order valence-electron chi connectivity index (χ4n) is 1.07. The molecule has 1 saturated heterocycles. The third-order valence-corrected chi connectivity index (χ3v) is 3.62. The average Bonchev–Trinajstić information content (AvgIpc) is 2.48. The van der Waals surface area contributed by atoms with E-state index < -0.39 is 16.1 Å². The average molecular weight is 207 g/mol. The lowest BCUT2D eigenvalue weighted by Gasteiger charge is -2.12. The van der Waals surface area contributed by atoms with Crippen molar-refractivity contribution in [2.75, 3.05) is 18.9 Å². The van der Waals surface area contributed by atoms with Crippen molar-refractivity contribution in [3.05, 3.63) is 0 Å². The van der Waals surface area contributed by atoms with Crippen molar-refractivity contribution in [1.29, 1.82) is 0 Å². The van der Waals surface area contributed by atoms with Crippen LogP contribution in [0.3, 0.4) is 0 Å². The van der Waals surface area contributed by atoms with Crippen LogP contribution in [0.4, 0.5) is 4.79 Å². The van der Waals surface area contributed by atoms with Crippen molar-refractivity contribution >= 4 is 16.1 Å². The minimum atomic E-state index is -3.41. The Morgan fingerprint density at radius 2 is 2.23 bits per heavy atom. The Kier molecular flexibility index (Phi) is 3.13. The van der Waals surface area contributed by atoms with Crippen LogP contribution >= 0.6 is 0 Å². The first-order chi connectivity index (χ1) is 6.08. The van der Waals surface area contributed by atoms with Gasteiger partial charge in [0.05, 0.1) is 12.3 Å². The van der Waals surface area contributed by atoms with Crippen molar-refractivity contribution in [2.24, 2.45) is 0 Å². The molecule has 13 heavy (non-hydrogen) atoms. The van der Waals surface area contributed by atoms with E-state index in [0.717, 1.165) is 10.7 Å². The molecule has 0 atom stereocenters. The van der Waals surface area contributed by atoms with E-state index in [0.29, 0.717) is 6.42 Å². The maximum atomic E-state index is 11.4. The molecule has 6 heteroatoms. The van der Waals surface area contributed by atoms with Crippen LogP contribution in [0, 0.1) is 0 Å². The highest BCUT2D eigenvalue weighted by Crippen LogP contribution is 2.11. The lowest BCUT2D eigenvalue weighted by atomic mass is 10.4. The fourth-order valence-corrected chi connectivity index (χ4v) is 2.58. The largest absolute Gasteiger partial charge is 0.447 e. The number of hydrogen-bond donors (Lipinski definition) is 0. The topological polar surface area (TPSA) is 63.7 Å². The number of ether oxygens (including phenoxy) is 1. The maximum absolute atomic E-state index is 11.4. The maximum Gasteiger partial charge on any atom is 0.423 e. The van der Waals surface area contributed by atoms with Gasteiger partial charge < -0.3 is 4.74 Å². The summed E-state index contributed by atoms with van der Waals surface area (Å²) in [6.45, 7) is 2.23. The first-order valence-electron chi connectivity index (χ1n) is 4.25. The molecule has 1 rings (SSSR count). The van der Waals surface area contributed by atoms with Crippen LogP contribution in [0.15, 0.2) is 0 Å². The third-order valence-electron chi connectivity index (χ3n) is 1.82. The lowest BCUT2D eigenvalue weighted by molar-refractivity contribution is 0.170. The van der Waals surface area contributed by atoms with Crippen molar-refractivity contribution < 1.29 is 17.9 Å². The second-order valence-electron chi connectivity index (χ2n) is 2.86. The zero-order valence-electron chi connectivity index (χ0n) is 7.52. The molecule has 0 spiro atoms. The monoisotopic (exact) mass is 207 g/mol. The molecule has 0 aromatic rings. The van der Waals surface area contributed by atoms with Crippen LogP contribution in [-0.2, 0) is 14.8 Å². The van der Waals surface area contributed by atoms with Crippen molar-refractivity contribution in [3.8, 4) is 0 Å². The molecule has 76 valence electrons. The number of unbranched alkanes of at least 4 members (excludes halogenated alkanes) is 1. The standard InChI is InChI=1S/C7H13NO4S/c1-2-3-6-13(10,11)8-4-5-12-7(8)9/h2-6H2,1H3. The van der Waals surface area contributed by atoms with E-state index in [2.05, 4.69) is 4.74 Å². The van der Waals surface area contributed by atoms with E-state index in [1.807, 2.05) is 6.92 Å². The van der Waals surface area contributed by atoms with Crippen LogP contribution < -0.4 is 0 Å². The summed E-state index contributed by atoms with van der Waals surface area (Å²) < 4.78 is 28.2. The van der Waals surface area contributed by atoms with Gasteiger partial charge in [0.15, 0.2) is 0 Å². The van der Waals surface area contributed by atoms with E-state index >= 15 is 0 Å². The number of carbonyl (C=O) groups is 1. The quantitative estimate of drug-likeness (QED) is 0.676. The normalized spacial score (nSPS) is 17.6. The number of sulfonamides is 1. The fraction of sp³-hybridized carbons (Fsp3) is 0.857. The summed E-state index contributed by atoms with van der Waals surface area (Å²) in [5.41, 5.74) is 0. The molecule has 0 saturated carbocycles. The van der Waals surface area contributed by atoms with Gasteiger partial charge in [0, 0.05) is 0 Å². The van der Waals surface area contributed by atoms with Gasteiger partial charge in [-0.05, 0) is 6.42 Å². The summed E-state index contributed by atoms with van der Waals surface area (Å²) in [5, 5.41) is 0. The number of amides is 1. The van der Waals surface area contributed by atoms with Crippen molar-refractivity contribution in [3.63, 3.8) is 0 Å². The number of nitrogens with zero attached hydrogens (tertiary/aromatic N) is 1. The molecule has 1 aliphatic rings. The molecule has 0 aromatic heterocycles. The number of carbonyl (C=O) groups excluding carboxylic acids is 1. The molecular formula is C7H13NO4S. The molecule has 0 N–H and O–H groups in total. The van der Waals surface area contributed by atoms with E-state index in [1.165, 1.54) is 0 Å². The Hall–Kier alpha value is -0.780. The zero-order chi connectivity index (χ0) is 9.90. The summed E-state index contributed by atoms with van der Waals surface area (Å²) in [6, 6.07) is 0. The van der Waals surface area contributed by atoms with Gasteiger partial charge >= 0.3 is 6.09 Å². The molecule has 0 unspecified atom stereocenters. The minimum absolute atomic E-state index is 0.0264. The molecule has 0 bridgehead atoms. The van der Waals surface area contributed by atoms with Crippen LogP contribution in [0.5, 0.6) is 0 Å². The molecule has 1 amide bonds. The van der Waals surface area contributed by atoms with E-state index in [1.54, 1.807) is 0 Å². The van der Waals surface area contributed by atoms with Crippen LogP contribution in [0.2, 0.25) is 0 Å². The molecule has 1 aliphatic heterocycles. The summed E-state index contributed by atoms with van der Waals surface area (Å²) in [5.74, 6) is 0.0264. The number of hydrogen-bond acceptors (Lipinski definition) is 4. The highest BCUT2D eigenvalue weighted by Gasteiger charge is 2.32. The van der Waals surface area contributed by atoms with E-state index in [9.17, 15) is 13.2 Å². The first-order valence-corrected chi connectivity index (χ1v) is 5.86. The van der Waals surface area contributed by atoms with Crippen molar-refractivity contribution in [2.45, 2.75) is 19.8 Å². The van der Waals surface area contributed by atoms with Crippen LogP contribution in [0.1, 0.15) is 19.8 Å². The van der Waals surface area contributed by atoms with E-state index in [4.69, 9.17) is 0 Å². The Labute approximate surface area is 77.7 Å². The third kappa shape index (κ3) is 2.33. The predicted octanol–water partition coefficient (Wildman–Crippen LogP) is 0.569. The first kappa shape index (κ1) is 10.3. The Bertz CT molecular complexity index is 285. The molecule has 1 fully saturated rings. The predicted molar refractivity (Wildman–Crippen MR) is 46.7 cm³/mol. The summed E-state index contributed by atoms with van der Waals surface area (Å²) >= 11 is 0. The smallest absolute Gasteiger partial charge is 0.423 e. The molecule has 0 radical (unpaired) electrons. The number of rotatable bonds is 4. The number of cyclic esters (lactones) is 1. The summed E-state index contributed by atoms with van der Waals surface area (Å²) in [6.07, 6.45) is 0.630. The Balaban J connectivity index is 2.63. The van der Waals surface area contributed by atoms with Gasteiger partial charge in [-0.3, -0.25) is 0 Å². The minimum Gasteiger partial charge on any atom is -0.447 e. The Morgan fingerprint density at radius 3 is 2.69 bits per heavy atom. The molecule has 5 nitrogen and oxygen atoms in total. The molecule has 0 aliphatic carbocycles. The second kappa shape index (κ2) is 3.95. The van der Waals surface area contributed by atoms with Gasteiger partial charge in [-0.15, -0.1) is 0 Å². The van der Waals surface area contributed by atoms with E-state index in [-0.39, 0.29) is 18.9 Å². The van der Waals surface area contributed by atoms with Gasteiger partial charge in [-0.25, -0.2) is 17.5 Å². The molecule has 0 aromatic carbocycles. The second-order valence-corrected chi connectivity index (χ2v) is 4.87. The summed E-state index contributed by atoms with van der Waals surface area (Å²) in [7, 11) is -3.41. The molecular weight excluding hydrogens is 194 g/mol. The van der Waals surface area contributed by atoms with Crippen LogP contribution in [0.25, 0.3) is 0 Å². The summed E-state index contributed by atoms with van der Waals surface area (Å²) in [4.78, 5) is 10.9. The Morgan fingerprint density at radius 1 is 1.54 bits per heavy atom. The zero-order valence-corrected chi connectivity index (χ0v) is 8.34. The highest BCUT2D eigenvalue weighted by atomic mass is 32.2. The highest BCUT2D eigenvalue weighted by molar-refractivity contribution is 7.89. The van der Waals surface area contributed by atoms with Gasteiger partial charge in [0.2, 0.25) is 10.0 Å². The van der Waals surface area contributed by atoms with Gasteiger partial charge in [-0.2, -0.15) is 0 Å². The van der Waals surface area contributed by atoms with Gasteiger partial charge in [-0.1, -0.05) is 13.3 Å². The van der Waals surface area contributed by atoms with Gasteiger partial charge in [0.1, 0.15) is 6.61 Å². The SMILES string of the molecule is CCCCS(=O)(=O)N1CCOC1=O. The molecule has 1 heterocycles. The van der Waals surface area contributed by atoms with Crippen LogP contribution in [-0.4, -0.2) is 37.7 Å².